The maximum Gasteiger partial charge on any atom is 0.316 e. The third-order valence-corrected chi connectivity index (χ3v) is 10.2. The van der Waals surface area contributed by atoms with Crippen LogP contribution in [-0.2, 0) is 14.4 Å². The summed E-state index contributed by atoms with van der Waals surface area (Å²) in [5.74, 6) is -1.08. The lowest BCUT2D eigenvalue weighted by atomic mass is 9.77. The maximum atomic E-state index is 15.3. The summed E-state index contributed by atoms with van der Waals surface area (Å²) in [6, 6.07) is 2.77. The minimum atomic E-state index is -1.50. The molecule has 2 N–H and O–H groups in total. The Balaban J connectivity index is 1.23. The fourth-order valence-corrected chi connectivity index (χ4v) is 8.22. The number of hydrogen-bond acceptors (Lipinski definition) is 10. The van der Waals surface area contributed by atoms with E-state index in [-0.39, 0.29) is 48.5 Å². The molecule has 5 heterocycles. The highest BCUT2D eigenvalue weighted by atomic mass is 19.1. The molecule has 14 heteroatoms. The van der Waals surface area contributed by atoms with Gasteiger partial charge in [-0.15, -0.1) is 5.10 Å². The Labute approximate surface area is 253 Å². The van der Waals surface area contributed by atoms with Gasteiger partial charge in [-0.05, 0) is 54.1 Å². The molecule has 7 rings (SSSR count). The van der Waals surface area contributed by atoms with Gasteiger partial charge in [-0.25, -0.2) is 9.37 Å². The number of alkyl halides is 1. The molecule has 0 aromatic carbocycles. The number of anilines is 2. The molecule has 2 aliphatic carbocycles. The Morgan fingerprint density at radius 3 is 2.75 bits per heavy atom. The standard InChI is InChI=1S/C30H35FN8O5/c1-14-36-37-28(43-14)34-23(29(2,3)4)26(41)38-12-18-15-8-17(19(31)9-15)21(18)22(38)25(40)39-13-30(10-16(39)11-32)27(42)35-24-20(44-30)6-5-7-33-24/h5-7,15-19,21-23H,8-10,12-13H2,1-4H3,(H,34,37)(H,33,35,42). The fourth-order valence-electron chi connectivity index (χ4n) is 8.22. The highest BCUT2D eigenvalue weighted by molar-refractivity contribution is 6.01. The van der Waals surface area contributed by atoms with Crippen LogP contribution in [0.25, 0.3) is 0 Å². The molecule has 2 saturated carbocycles. The van der Waals surface area contributed by atoms with Crippen molar-refractivity contribution in [1.29, 1.82) is 5.26 Å². The van der Waals surface area contributed by atoms with Crippen LogP contribution in [0.3, 0.4) is 0 Å². The van der Waals surface area contributed by atoms with Gasteiger partial charge in [0.1, 0.15) is 24.3 Å². The van der Waals surface area contributed by atoms with Crippen molar-refractivity contribution in [2.75, 3.05) is 23.7 Å². The number of fused-ring (bicyclic) bond motifs is 6. The second-order valence-corrected chi connectivity index (χ2v) is 13.9. The van der Waals surface area contributed by atoms with Gasteiger partial charge in [-0.2, -0.15) is 5.26 Å². The van der Waals surface area contributed by atoms with Crippen molar-refractivity contribution in [3.63, 3.8) is 0 Å². The second-order valence-electron chi connectivity index (χ2n) is 13.9. The van der Waals surface area contributed by atoms with E-state index in [0.717, 1.165) is 0 Å². The first kappa shape index (κ1) is 28.5. The van der Waals surface area contributed by atoms with Crippen LogP contribution in [-0.4, -0.2) is 85.7 Å². The summed E-state index contributed by atoms with van der Waals surface area (Å²) in [5, 5.41) is 23.9. The zero-order valence-corrected chi connectivity index (χ0v) is 25.0. The second kappa shape index (κ2) is 9.87. The third kappa shape index (κ3) is 4.30. The van der Waals surface area contributed by atoms with Crippen LogP contribution >= 0.6 is 0 Å². The quantitative estimate of drug-likeness (QED) is 0.527. The summed E-state index contributed by atoms with van der Waals surface area (Å²) in [5.41, 5.74) is -2.13. The zero-order valence-electron chi connectivity index (χ0n) is 25.0. The average Bonchev–Trinajstić information content (AvgIpc) is 3.78. The van der Waals surface area contributed by atoms with E-state index in [1.54, 1.807) is 24.0 Å². The van der Waals surface area contributed by atoms with E-state index in [4.69, 9.17) is 9.15 Å². The van der Waals surface area contributed by atoms with Gasteiger partial charge in [-0.3, -0.25) is 14.4 Å². The summed E-state index contributed by atoms with van der Waals surface area (Å²) < 4.78 is 26.9. The first-order valence-corrected chi connectivity index (χ1v) is 15.1. The third-order valence-electron chi connectivity index (χ3n) is 10.2. The predicted molar refractivity (Wildman–Crippen MR) is 151 cm³/mol. The van der Waals surface area contributed by atoms with E-state index >= 15 is 4.39 Å². The molecule has 2 saturated heterocycles. The summed E-state index contributed by atoms with van der Waals surface area (Å²) >= 11 is 0. The summed E-state index contributed by atoms with van der Waals surface area (Å²) in [6.45, 7) is 7.44. The van der Waals surface area contributed by atoms with Crippen LogP contribution in [0.2, 0.25) is 0 Å². The van der Waals surface area contributed by atoms with Crippen LogP contribution in [0.5, 0.6) is 5.75 Å². The highest BCUT2D eigenvalue weighted by Gasteiger charge is 2.65. The lowest BCUT2D eigenvalue weighted by molar-refractivity contribution is -0.148. The number of rotatable bonds is 4. The van der Waals surface area contributed by atoms with Crippen LogP contribution in [0.4, 0.5) is 16.2 Å². The molecule has 9 unspecified atom stereocenters. The first-order valence-electron chi connectivity index (χ1n) is 15.1. The molecule has 232 valence electrons. The predicted octanol–water partition coefficient (Wildman–Crippen LogP) is 2.32. The smallest absolute Gasteiger partial charge is 0.316 e. The van der Waals surface area contributed by atoms with Crippen molar-refractivity contribution in [1.82, 2.24) is 25.0 Å². The lowest BCUT2D eigenvalue weighted by Gasteiger charge is -2.38. The first-order chi connectivity index (χ1) is 20.9. The maximum absolute atomic E-state index is 15.3. The number of nitrogens with one attached hydrogen (secondary N) is 2. The normalized spacial score (nSPS) is 34.3. The minimum Gasteiger partial charge on any atom is -0.472 e. The Hall–Kier alpha value is -4.28. The van der Waals surface area contributed by atoms with E-state index in [0.29, 0.717) is 31.0 Å². The van der Waals surface area contributed by atoms with Crippen LogP contribution in [0, 0.1) is 47.3 Å². The van der Waals surface area contributed by atoms with Crippen molar-refractivity contribution in [2.45, 2.75) is 76.9 Å². The van der Waals surface area contributed by atoms with Crippen molar-refractivity contribution in [3.05, 3.63) is 24.2 Å². The van der Waals surface area contributed by atoms with Gasteiger partial charge in [0.05, 0.1) is 12.6 Å². The number of nitrogens with zero attached hydrogens (tertiary/aromatic N) is 6. The SMILES string of the molecule is Cc1nnc(NC(C(=O)N2CC3C4CC(F)C(C4)C3C2C(=O)N2CC3(CC2C#N)Oc2cccnc2NC3=O)C(C)(C)C)o1. The van der Waals surface area contributed by atoms with Gasteiger partial charge in [0, 0.05) is 26.1 Å². The molecule has 3 amide bonds. The summed E-state index contributed by atoms with van der Waals surface area (Å²) in [6.07, 6.45) is 1.51. The number of ether oxygens (including phenoxy) is 1. The number of pyridine rings is 1. The Kier molecular flexibility index (Phi) is 6.39. The molecule has 44 heavy (non-hydrogen) atoms. The molecule has 1 spiro atoms. The van der Waals surface area contributed by atoms with Gasteiger partial charge in [-0.1, -0.05) is 25.9 Å². The largest absolute Gasteiger partial charge is 0.472 e. The topological polar surface area (TPSA) is 167 Å². The van der Waals surface area contributed by atoms with E-state index in [2.05, 4.69) is 31.9 Å². The Morgan fingerprint density at radius 1 is 1.25 bits per heavy atom. The number of carbonyl (C=O) groups is 3. The molecule has 3 aliphatic heterocycles. The van der Waals surface area contributed by atoms with E-state index in [1.807, 2.05) is 20.8 Å². The average molecular weight is 607 g/mol. The minimum absolute atomic E-state index is 0.0413. The molecule has 2 aromatic rings. The van der Waals surface area contributed by atoms with Crippen LogP contribution in [0.15, 0.2) is 22.7 Å². The molecular formula is C30H35FN8O5. The monoisotopic (exact) mass is 606 g/mol. The van der Waals surface area contributed by atoms with Crippen molar-refractivity contribution in [3.8, 4) is 11.8 Å². The van der Waals surface area contributed by atoms with Crippen molar-refractivity contribution < 1.29 is 27.9 Å². The van der Waals surface area contributed by atoms with Crippen LogP contribution in [0.1, 0.15) is 45.9 Å². The summed E-state index contributed by atoms with van der Waals surface area (Å²) in [4.78, 5) is 49.5. The van der Waals surface area contributed by atoms with E-state index < -0.39 is 53.0 Å². The number of nitriles is 1. The molecule has 13 nitrogen and oxygen atoms in total. The Bertz CT molecular complexity index is 1570. The number of aryl methyl sites for hydroxylation is 1. The molecule has 2 aromatic heterocycles. The summed E-state index contributed by atoms with van der Waals surface area (Å²) in [7, 11) is 0. The number of aromatic nitrogens is 3. The molecule has 4 fully saturated rings. The van der Waals surface area contributed by atoms with Gasteiger partial charge >= 0.3 is 6.01 Å². The van der Waals surface area contributed by atoms with Gasteiger partial charge in [0.25, 0.3) is 5.91 Å². The number of hydrogen-bond donors (Lipinski definition) is 2. The zero-order chi connectivity index (χ0) is 31.1. The van der Waals surface area contributed by atoms with Gasteiger partial charge in [0.15, 0.2) is 11.6 Å². The molecule has 0 radical (unpaired) electrons. The van der Waals surface area contributed by atoms with Crippen molar-refractivity contribution >= 4 is 29.6 Å². The Morgan fingerprint density at radius 2 is 2.05 bits per heavy atom. The molecular weight excluding hydrogens is 571 g/mol. The van der Waals surface area contributed by atoms with E-state index in [9.17, 15) is 19.6 Å². The van der Waals surface area contributed by atoms with Gasteiger partial charge < -0.3 is 29.6 Å². The van der Waals surface area contributed by atoms with Crippen molar-refractivity contribution in [2.24, 2.45) is 29.1 Å². The van der Waals surface area contributed by atoms with Gasteiger partial charge in [0.2, 0.25) is 23.3 Å². The number of amides is 3. The highest BCUT2D eigenvalue weighted by Crippen LogP contribution is 2.59. The van der Waals surface area contributed by atoms with Crippen LogP contribution < -0.4 is 15.4 Å². The number of likely N-dealkylation sites (tertiary alicyclic amines) is 2. The van der Waals surface area contributed by atoms with E-state index in [1.165, 1.54) is 11.1 Å². The number of carbonyl (C=O) groups excluding carboxylic acids is 3. The molecule has 2 bridgehead atoms. The number of halogens is 1. The lowest BCUT2D eigenvalue weighted by Crippen LogP contribution is -2.58. The fraction of sp³-hybridized carbons (Fsp3) is 0.633. The molecule has 9 atom stereocenters. The molecule has 5 aliphatic rings.